The fourth-order valence-electron chi connectivity index (χ4n) is 3.76. The van der Waals surface area contributed by atoms with E-state index in [0.29, 0.717) is 12.6 Å². The molecule has 0 aliphatic heterocycles. The van der Waals surface area contributed by atoms with Crippen LogP contribution in [0.3, 0.4) is 0 Å². The maximum atomic E-state index is 9.53. The molecule has 0 radical (unpaired) electrons. The zero-order chi connectivity index (χ0) is 15.2. The van der Waals surface area contributed by atoms with E-state index in [9.17, 15) is 5.11 Å². The summed E-state index contributed by atoms with van der Waals surface area (Å²) in [4.78, 5) is 2.46. The molecule has 118 valence electrons. The predicted octanol–water partition coefficient (Wildman–Crippen LogP) is 3.01. The molecular formula is C18H30N2O. The van der Waals surface area contributed by atoms with Crippen LogP contribution in [0.2, 0.25) is 0 Å². The van der Waals surface area contributed by atoms with Crippen LogP contribution >= 0.6 is 0 Å². The summed E-state index contributed by atoms with van der Waals surface area (Å²) in [5, 5.41) is 9.53. The molecule has 2 rings (SSSR count). The van der Waals surface area contributed by atoms with Gasteiger partial charge in [0, 0.05) is 18.6 Å². The minimum Gasteiger partial charge on any atom is -0.395 e. The summed E-state index contributed by atoms with van der Waals surface area (Å²) in [6, 6.07) is 9.32. The first-order chi connectivity index (χ1) is 10.1. The van der Waals surface area contributed by atoms with Crippen LogP contribution in [0.4, 0.5) is 0 Å². The molecule has 1 aromatic carbocycles. The van der Waals surface area contributed by atoms with Crippen molar-refractivity contribution >= 4 is 0 Å². The van der Waals surface area contributed by atoms with Gasteiger partial charge in [0.05, 0.1) is 12.6 Å². The Labute approximate surface area is 129 Å². The van der Waals surface area contributed by atoms with E-state index in [-0.39, 0.29) is 18.7 Å². The smallest absolute Gasteiger partial charge is 0.0558 e. The number of rotatable bonds is 6. The van der Waals surface area contributed by atoms with Crippen LogP contribution in [0.1, 0.15) is 56.2 Å². The normalized spacial score (nSPS) is 19.7. The van der Waals surface area contributed by atoms with Crippen molar-refractivity contribution < 1.29 is 5.11 Å². The quantitative estimate of drug-likeness (QED) is 0.846. The fourth-order valence-corrected chi connectivity index (χ4v) is 3.76. The molecule has 2 unspecified atom stereocenters. The highest BCUT2D eigenvalue weighted by Gasteiger charge is 2.31. The van der Waals surface area contributed by atoms with E-state index >= 15 is 0 Å². The van der Waals surface area contributed by atoms with Crippen molar-refractivity contribution in [1.82, 2.24) is 4.90 Å². The molecule has 0 aromatic heterocycles. The molecule has 1 aromatic rings. The number of hydrogen-bond acceptors (Lipinski definition) is 3. The summed E-state index contributed by atoms with van der Waals surface area (Å²) in [6.07, 6.45) is 6.40. The van der Waals surface area contributed by atoms with Crippen LogP contribution in [-0.2, 0) is 0 Å². The summed E-state index contributed by atoms with van der Waals surface area (Å²) < 4.78 is 0. The zero-order valence-corrected chi connectivity index (χ0v) is 13.5. The Bertz CT molecular complexity index is 427. The van der Waals surface area contributed by atoms with Crippen LogP contribution in [0, 0.1) is 6.92 Å². The first kappa shape index (κ1) is 16.5. The van der Waals surface area contributed by atoms with E-state index in [1.807, 2.05) is 0 Å². The molecule has 1 aliphatic carbocycles. The van der Waals surface area contributed by atoms with Gasteiger partial charge in [-0.25, -0.2) is 0 Å². The average molecular weight is 290 g/mol. The molecule has 3 nitrogen and oxygen atoms in total. The topological polar surface area (TPSA) is 49.5 Å². The Balaban J connectivity index is 2.30. The molecule has 0 amide bonds. The van der Waals surface area contributed by atoms with Gasteiger partial charge in [0.2, 0.25) is 0 Å². The average Bonchev–Trinajstić information content (AvgIpc) is 2.49. The maximum Gasteiger partial charge on any atom is 0.0558 e. The SMILES string of the molecule is Cc1ccccc1C(C(C)N)N(CCO)C1CCCCC1. The molecule has 21 heavy (non-hydrogen) atoms. The lowest BCUT2D eigenvalue weighted by Crippen LogP contribution is -2.47. The molecule has 0 spiro atoms. The van der Waals surface area contributed by atoms with Crippen LogP contribution < -0.4 is 5.73 Å². The van der Waals surface area contributed by atoms with Crippen molar-refractivity contribution in [3.05, 3.63) is 35.4 Å². The Morgan fingerprint density at radius 1 is 1.24 bits per heavy atom. The van der Waals surface area contributed by atoms with Crippen LogP contribution in [-0.4, -0.2) is 35.2 Å². The highest BCUT2D eigenvalue weighted by molar-refractivity contribution is 5.30. The third-order valence-corrected chi connectivity index (χ3v) is 4.76. The summed E-state index contributed by atoms with van der Waals surface area (Å²) in [7, 11) is 0. The predicted molar refractivity (Wildman–Crippen MR) is 88.2 cm³/mol. The number of nitrogens with two attached hydrogens (primary N) is 1. The largest absolute Gasteiger partial charge is 0.395 e. The van der Waals surface area contributed by atoms with E-state index in [2.05, 4.69) is 43.0 Å². The Kier molecular flexibility index (Phi) is 6.22. The van der Waals surface area contributed by atoms with Gasteiger partial charge in [-0.3, -0.25) is 4.90 Å². The van der Waals surface area contributed by atoms with E-state index in [1.165, 1.54) is 43.2 Å². The van der Waals surface area contributed by atoms with Gasteiger partial charge in [-0.2, -0.15) is 0 Å². The second kappa shape index (κ2) is 7.92. The number of aliphatic hydroxyl groups is 1. The molecule has 2 atom stereocenters. The minimum absolute atomic E-state index is 0.0552. The Morgan fingerprint density at radius 2 is 1.90 bits per heavy atom. The van der Waals surface area contributed by atoms with Gasteiger partial charge >= 0.3 is 0 Å². The standard InChI is InChI=1S/C18H30N2O/c1-14-8-6-7-11-17(14)18(15(2)19)20(12-13-21)16-9-4-3-5-10-16/h6-8,11,15-16,18,21H,3-5,9-10,12-13,19H2,1-2H3. The van der Waals surface area contributed by atoms with Crippen molar-refractivity contribution in [2.75, 3.05) is 13.2 Å². The first-order valence-corrected chi connectivity index (χ1v) is 8.33. The molecule has 0 bridgehead atoms. The molecule has 1 fully saturated rings. The number of benzene rings is 1. The zero-order valence-electron chi connectivity index (χ0n) is 13.5. The number of aryl methyl sites for hydroxylation is 1. The summed E-state index contributed by atoms with van der Waals surface area (Å²) in [5.41, 5.74) is 8.95. The maximum absolute atomic E-state index is 9.53. The second-order valence-corrected chi connectivity index (χ2v) is 6.41. The van der Waals surface area contributed by atoms with Crippen molar-refractivity contribution in [1.29, 1.82) is 0 Å². The molecule has 3 N–H and O–H groups in total. The molecule has 3 heteroatoms. The van der Waals surface area contributed by atoms with Crippen molar-refractivity contribution in [3.8, 4) is 0 Å². The summed E-state index contributed by atoms with van der Waals surface area (Å²) >= 11 is 0. The van der Waals surface area contributed by atoms with Gasteiger partial charge in [-0.05, 0) is 37.8 Å². The van der Waals surface area contributed by atoms with Gasteiger partial charge in [0.1, 0.15) is 0 Å². The Hall–Kier alpha value is -0.900. The molecule has 1 aliphatic rings. The lowest BCUT2D eigenvalue weighted by Gasteiger charge is -2.42. The highest BCUT2D eigenvalue weighted by atomic mass is 16.3. The molecular weight excluding hydrogens is 260 g/mol. The van der Waals surface area contributed by atoms with Gasteiger partial charge < -0.3 is 10.8 Å². The van der Waals surface area contributed by atoms with Gasteiger partial charge in [-0.1, -0.05) is 43.5 Å². The molecule has 0 saturated heterocycles. The lowest BCUT2D eigenvalue weighted by atomic mass is 9.89. The van der Waals surface area contributed by atoms with Gasteiger partial charge in [0.25, 0.3) is 0 Å². The van der Waals surface area contributed by atoms with Crippen LogP contribution in [0.5, 0.6) is 0 Å². The van der Waals surface area contributed by atoms with E-state index in [0.717, 1.165) is 0 Å². The number of aliphatic hydroxyl groups excluding tert-OH is 1. The lowest BCUT2D eigenvalue weighted by molar-refractivity contribution is 0.0697. The van der Waals surface area contributed by atoms with Crippen LogP contribution in [0.25, 0.3) is 0 Å². The van der Waals surface area contributed by atoms with E-state index < -0.39 is 0 Å². The molecule has 0 heterocycles. The van der Waals surface area contributed by atoms with Crippen molar-refractivity contribution in [2.45, 2.75) is 64.1 Å². The third-order valence-electron chi connectivity index (χ3n) is 4.76. The van der Waals surface area contributed by atoms with Gasteiger partial charge in [-0.15, -0.1) is 0 Å². The number of hydrogen-bond donors (Lipinski definition) is 2. The summed E-state index contributed by atoms with van der Waals surface area (Å²) in [6.45, 7) is 5.16. The second-order valence-electron chi connectivity index (χ2n) is 6.41. The third kappa shape index (κ3) is 4.06. The molecule has 1 saturated carbocycles. The fraction of sp³-hybridized carbons (Fsp3) is 0.667. The highest BCUT2D eigenvalue weighted by Crippen LogP contribution is 2.32. The summed E-state index contributed by atoms with van der Waals surface area (Å²) in [5.74, 6) is 0. The monoisotopic (exact) mass is 290 g/mol. The van der Waals surface area contributed by atoms with E-state index in [1.54, 1.807) is 0 Å². The van der Waals surface area contributed by atoms with Gasteiger partial charge in [0.15, 0.2) is 0 Å². The van der Waals surface area contributed by atoms with Crippen LogP contribution in [0.15, 0.2) is 24.3 Å². The first-order valence-electron chi connectivity index (χ1n) is 8.33. The Morgan fingerprint density at radius 3 is 2.48 bits per heavy atom. The minimum atomic E-state index is 0.0552. The van der Waals surface area contributed by atoms with Crippen molar-refractivity contribution in [3.63, 3.8) is 0 Å². The van der Waals surface area contributed by atoms with E-state index in [4.69, 9.17) is 5.73 Å². The number of nitrogens with zero attached hydrogens (tertiary/aromatic N) is 1. The van der Waals surface area contributed by atoms with Crippen molar-refractivity contribution in [2.24, 2.45) is 5.73 Å².